The largest absolute Gasteiger partial charge is 0.469 e. The van der Waals surface area contributed by atoms with E-state index in [1.807, 2.05) is 12.1 Å². The Labute approximate surface area is 62.1 Å². The van der Waals surface area contributed by atoms with Crippen molar-refractivity contribution in [3.8, 4) is 0 Å². The molecule has 0 unspecified atom stereocenters. The molecule has 1 aromatic heterocycles. The molecule has 55 valence electrons. The average molecular weight is 137 g/mol. The van der Waals surface area contributed by atoms with Gasteiger partial charge >= 0.3 is 0 Å². The normalized spacial score (nSPS) is 10.1. The van der Waals surface area contributed by atoms with Crippen molar-refractivity contribution in [1.29, 1.82) is 0 Å². The Morgan fingerprint density at radius 2 is 2.30 bits per heavy atom. The first-order valence-corrected chi connectivity index (χ1v) is 3.75. The van der Waals surface area contributed by atoms with Crippen molar-refractivity contribution in [2.45, 2.75) is 25.7 Å². The van der Waals surface area contributed by atoms with Gasteiger partial charge in [0.15, 0.2) is 0 Å². The summed E-state index contributed by atoms with van der Waals surface area (Å²) in [5, 5.41) is 0. The van der Waals surface area contributed by atoms with Crippen LogP contribution in [0.5, 0.6) is 0 Å². The van der Waals surface area contributed by atoms with Crippen molar-refractivity contribution in [1.82, 2.24) is 0 Å². The summed E-state index contributed by atoms with van der Waals surface area (Å²) in [6.45, 7) is 3.77. The van der Waals surface area contributed by atoms with Crippen LogP contribution >= 0.6 is 0 Å². The Bertz CT molecular complexity index is 153. The third-order valence-corrected chi connectivity index (χ3v) is 1.50. The van der Waals surface area contributed by atoms with E-state index in [-0.39, 0.29) is 0 Å². The molecule has 1 heterocycles. The Kier molecular flexibility index (Phi) is 3.07. The van der Waals surface area contributed by atoms with Crippen LogP contribution in [-0.2, 0) is 6.42 Å². The molecule has 1 heteroatoms. The summed E-state index contributed by atoms with van der Waals surface area (Å²) in [4.78, 5) is 0. The zero-order valence-electron chi connectivity index (χ0n) is 6.18. The molecule has 0 spiro atoms. The Hall–Kier alpha value is -0.720. The predicted octanol–water partition coefficient (Wildman–Crippen LogP) is 2.83. The minimum absolute atomic E-state index is 1.03. The first-order valence-electron chi connectivity index (χ1n) is 3.75. The van der Waals surface area contributed by atoms with Gasteiger partial charge in [0, 0.05) is 6.42 Å². The topological polar surface area (TPSA) is 13.1 Å². The van der Waals surface area contributed by atoms with E-state index in [4.69, 9.17) is 4.42 Å². The number of furan rings is 1. The molecule has 0 amide bonds. The molecule has 10 heavy (non-hydrogen) atoms. The van der Waals surface area contributed by atoms with Gasteiger partial charge in [-0.25, -0.2) is 0 Å². The maximum absolute atomic E-state index is 5.16. The van der Waals surface area contributed by atoms with Crippen molar-refractivity contribution in [3.05, 3.63) is 31.1 Å². The Balaban J connectivity index is 2.15. The number of unbranched alkanes of at least 4 members (excludes halogenated alkanes) is 2. The van der Waals surface area contributed by atoms with E-state index in [1.165, 1.54) is 12.8 Å². The van der Waals surface area contributed by atoms with Crippen molar-refractivity contribution >= 4 is 0 Å². The summed E-state index contributed by atoms with van der Waals surface area (Å²) in [7, 11) is 0. The molecule has 0 N–H and O–H groups in total. The molecule has 1 aromatic rings. The van der Waals surface area contributed by atoms with Crippen LogP contribution in [0.15, 0.2) is 22.8 Å². The lowest BCUT2D eigenvalue weighted by atomic mass is 10.2. The highest BCUT2D eigenvalue weighted by molar-refractivity contribution is 4.97. The minimum atomic E-state index is 1.03. The summed E-state index contributed by atoms with van der Waals surface area (Å²) in [5.74, 6) is 1.09. The summed E-state index contributed by atoms with van der Waals surface area (Å²) in [5.41, 5.74) is 0. The standard InChI is InChI=1S/C9H13O/c1-2-3-4-6-9-7-5-8-10-9/h5,7-8H,1-4,6H2. The van der Waals surface area contributed by atoms with Crippen molar-refractivity contribution < 1.29 is 4.42 Å². The van der Waals surface area contributed by atoms with Gasteiger partial charge in [-0.3, -0.25) is 0 Å². The van der Waals surface area contributed by atoms with Gasteiger partial charge in [-0.15, -0.1) is 0 Å². The van der Waals surface area contributed by atoms with E-state index in [9.17, 15) is 0 Å². The quantitative estimate of drug-likeness (QED) is 0.581. The van der Waals surface area contributed by atoms with Gasteiger partial charge in [0.2, 0.25) is 0 Å². The Morgan fingerprint density at radius 1 is 1.40 bits per heavy atom. The fraction of sp³-hybridized carbons (Fsp3) is 0.444. The smallest absolute Gasteiger partial charge is 0.103 e. The van der Waals surface area contributed by atoms with Crippen LogP contribution in [0.4, 0.5) is 0 Å². The van der Waals surface area contributed by atoms with E-state index < -0.39 is 0 Å². The SMILES string of the molecule is [CH2]CCCCc1ccco1. The monoisotopic (exact) mass is 137 g/mol. The fourth-order valence-electron chi connectivity index (χ4n) is 0.931. The predicted molar refractivity (Wildman–Crippen MR) is 41.6 cm³/mol. The lowest BCUT2D eigenvalue weighted by Gasteiger charge is -1.93. The van der Waals surface area contributed by atoms with E-state index in [1.54, 1.807) is 6.26 Å². The number of aryl methyl sites for hydroxylation is 1. The highest BCUT2D eigenvalue weighted by Crippen LogP contribution is 2.05. The number of hydrogen-bond acceptors (Lipinski definition) is 1. The highest BCUT2D eigenvalue weighted by Gasteiger charge is 1.92. The molecule has 0 aliphatic heterocycles. The second kappa shape index (κ2) is 4.15. The molecule has 1 radical (unpaired) electrons. The van der Waals surface area contributed by atoms with Crippen molar-refractivity contribution in [2.75, 3.05) is 0 Å². The molecule has 0 aliphatic carbocycles. The molecule has 0 saturated carbocycles. The highest BCUT2D eigenvalue weighted by atomic mass is 16.3. The molecule has 0 aromatic carbocycles. The lowest BCUT2D eigenvalue weighted by molar-refractivity contribution is 0.498. The van der Waals surface area contributed by atoms with Crippen LogP contribution in [0.3, 0.4) is 0 Å². The van der Waals surface area contributed by atoms with Crippen LogP contribution < -0.4 is 0 Å². The summed E-state index contributed by atoms with van der Waals surface area (Å²) in [6.07, 6.45) is 6.19. The minimum Gasteiger partial charge on any atom is -0.469 e. The molecule has 1 nitrogen and oxygen atoms in total. The molecular formula is C9H13O. The summed E-state index contributed by atoms with van der Waals surface area (Å²) >= 11 is 0. The second-order valence-corrected chi connectivity index (χ2v) is 2.39. The van der Waals surface area contributed by atoms with Gasteiger partial charge in [-0.05, 0) is 18.6 Å². The molecule has 0 bridgehead atoms. The molecule has 1 rings (SSSR count). The maximum Gasteiger partial charge on any atom is 0.103 e. The van der Waals surface area contributed by atoms with E-state index in [2.05, 4.69) is 6.92 Å². The number of hydrogen-bond donors (Lipinski definition) is 0. The van der Waals surface area contributed by atoms with Crippen LogP contribution in [0.2, 0.25) is 0 Å². The first kappa shape index (κ1) is 7.39. The van der Waals surface area contributed by atoms with Crippen LogP contribution in [0.25, 0.3) is 0 Å². The van der Waals surface area contributed by atoms with E-state index >= 15 is 0 Å². The first-order chi connectivity index (χ1) is 4.93. The Morgan fingerprint density at radius 3 is 2.90 bits per heavy atom. The van der Waals surface area contributed by atoms with Gasteiger partial charge in [0.25, 0.3) is 0 Å². The van der Waals surface area contributed by atoms with Gasteiger partial charge in [-0.1, -0.05) is 19.8 Å². The zero-order valence-corrected chi connectivity index (χ0v) is 6.18. The van der Waals surface area contributed by atoms with Gasteiger partial charge in [0.1, 0.15) is 5.76 Å². The molecule has 0 atom stereocenters. The maximum atomic E-state index is 5.16. The van der Waals surface area contributed by atoms with Crippen molar-refractivity contribution in [3.63, 3.8) is 0 Å². The van der Waals surface area contributed by atoms with Crippen LogP contribution in [0.1, 0.15) is 25.0 Å². The van der Waals surface area contributed by atoms with Gasteiger partial charge in [-0.2, -0.15) is 0 Å². The zero-order chi connectivity index (χ0) is 7.23. The molecule has 0 saturated heterocycles. The third kappa shape index (κ3) is 2.26. The van der Waals surface area contributed by atoms with Crippen molar-refractivity contribution in [2.24, 2.45) is 0 Å². The fourth-order valence-corrected chi connectivity index (χ4v) is 0.931. The third-order valence-electron chi connectivity index (χ3n) is 1.50. The molecule has 0 aliphatic rings. The van der Waals surface area contributed by atoms with E-state index in [0.29, 0.717) is 0 Å². The lowest BCUT2D eigenvalue weighted by Crippen LogP contribution is -1.80. The average Bonchev–Trinajstić information content (AvgIpc) is 2.41. The van der Waals surface area contributed by atoms with E-state index in [0.717, 1.165) is 18.6 Å². The van der Waals surface area contributed by atoms with Crippen LogP contribution in [-0.4, -0.2) is 0 Å². The summed E-state index contributed by atoms with van der Waals surface area (Å²) < 4.78 is 5.16. The van der Waals surface area contributed by atoms with Gasteiger partial charge < -0.3 is 4.42 Å². The second-order valence-electron chi connectivity index (χ2n) is 2.39. The molecule has 0 fully saturated rings. The van der Waals surface area contributed by atoms with Crippen LogP contribution in [0, 0.1) is 6.92 Å². The molecular weight excluding hydrogens is 124 g/mol. The number of rotatable bonds is 4. The van der Waals surface area contributed by atoms with Gasteiger partial charge in [0.05, 0.1) is 6.26 Å². The summed E-state index contributed by atoms with van der Waals surface area (Å²) in [6, 6.07) is 3.95.